The second kappa shape index (κ2) is 4.89. The Labute approximate surface area is 146 Å². The molecule has 0 unspecified atom stereocenters. The maximum absolute atomic E-state index is 12.7. The fourth-order valence-corrected chi connectivity index (χ4v) is 7.75. The van der Waals surface area contributed by atoms with Crippen molar-refractivity contribution < 1.29 is 16.8 Å². The van der Waals surface area contributed by atoms with E-state index in [1.165, 1.54) is 30.3 Å². The van der Waals surface area contributed by atoms with Crippen LogP contribution in [0, 0.1) is 0 Å². The molecule has 1 aliphatic rings. The molecule has 1 aliphatic heterocycles. The molecular formula is C12H5Br3O4S2. The summed E-state index contributed by atoms with van der Waals surface area (Å²) in [6.45, 7) is 0. The van der Waals surface area contributed by atoms with Crippen LogP contribution in [0.1, 0.15) is 0 Å². The summed E-state index contributed by atoms with van der Waals surface area (Å²) >= 11 is 9.57. The third-order valence-electron chi connectivity index (χ3n) is 3.05. The van der Waals surface area contributed by atoms with Crippen LogP contribution in [-0.4, -0.2) is 16.8 Å². The molecular weight excluding hydrogens is 512 g/mol. The Balaban J connectivity index is 2.55. The van der Waals surface area contributed by atoms with Crippen molar-refractivity contribution in [2.75, 3.05) is 0 Å². The van der Waals surface area contributed by atoms with Crippen LogP contribution in [0.2, 0.25) is 0 Å². The number of hydrogen-bond donors (Lipinski definition) is 0. The summed E-state index contributed by atoms with van der Waals surface area (Å²) in [6.07, 6.45) is 0. The molecule has 1 heterocycles. The van der Waals surface area contributed by atoms with Gasteiger partial charge in [0.25, 0.3) is 0 Å². The molecule has 0 bridgehead atoms. The topological polar surface area (TPSA) is 68.3 Å². The van der Waals surface area contributed by atoms with Gasteiger partial charge < -0.3 is 0 Å². The van der Waals surface area contributed by atoms with Crippen LogP contribution >= 0.6 is 47.8 Å². The van der Waals surface area contributed by atoms with Crippen molar-refractivity contribution >= 4 is 67.5 Å². The van der Waals surface area contributed by atoms with Crippen LogP contribution in [0.3, 0.4) is 0 Å². The highest BCUT2D eigenvalue weighted by Crippen LogP contribution is 2.43. The summed E-state index contributed by atoms with van der Waals surface area (Å²) in [7, 11) is -7.77. The molecule has 0 radical (unpaired) electrons. The van der Waals surface area contributed by atoms with Gasteiger partial charge in [0, 0.05) is 13.4 Å². The lowest BCUT2D eigenvalue weighted by molar-refractivity contribution is 0.569. The fraction of sp³-hybridized carbons (Fsp3) is 0. The first-order valence-corrected chi connectivity index (χ1v) is 10.8. The minimum atomic E-state index is -3.89. The van der Waals surface area contributed by atoms with E-state index in [4.69, 9.17) is 0 Å². The quantitative estimate of drug-likeness (QED) is 0.454. The molecule has 2 aromatic carbocycles. The molecule has 0 N–H and O–H groups in total. The lowest BCUT2D eigenvalue weighted by atomic mass is 10.3. The van der Waals surface area contributed by atoms with Gasteiger partial charge in [-0.3, -0.25) is 0 Å². The number of hydrogen-bond acceptors (Lipinski definition) is 4. The van der Waals surface area contributed by atoms with Crippen molar-refractivity contribution in [3.05, 3.63) is 43.7 Å². The molecule has 0 aliphatic carbocycles. The highest BCUT2D eigenvalue weighted by atomic mass is 79.9. The van der Waals surface area contributed by atoms with E-state index in [0.717, 1.165) is 0 Å². The fourth-order valence-electron chi connectivity index (χ4n) is 2.08. The minimum Gasteiger partial charge on any atom is -0.218 e. The number of fused-ring (bicyclic) bond motifs is 2. The molecule has 21 heavy (non-hydrogen) atoms. The first kappa shape index (κ1) is 15.7. The van der Waals surface area contributed by atoms with E-state index in [0.29, 0.717) is 13.4 Å². The molecule has 2 aromatic rings. The van der Waals surface area contributed by atoms with Gasteiger partial charge >= 0.3 is 0 Å². The molecule has 110 valence electrons. The summed E-state index contributed by atoms with van der Waals surface area (Å²) in [5.74, 6) is 0. The van der Waals surface area contributed by atoms with E-state index in [2.05, 4.69) is 47.8 Å². The Kier molecular flexibility index (Phi) is 3.65. The molecule has 0 spiro atoms. The number of rotatable bonds is 0. The van der Waals surface area contributed by atoms with Gasteiger partial charge in [-0.1, -0.05) is 15.9 Å². The van der Waals surface area contributed by atoms with Gasteiger partial charge in [0.05, 0.1) is 19.6 Å². The maximum Gasteiger partial charge on any atom is 0.209 e. The summed E-state index contributed by atoms with van der Waals surface area (Å²) in [4.78, 5) is -0.846. The molecule has 0 saturated carbocycles. The summed E-state index contributed by atoms with van der Waals surface area (Å²) < 4.78 is 52.1. The van der Waals surface area contributed by atoms with Crippen LogP contribution in [0.15, 0.2) is 63.3 Å². The average molecular weight is 517 g/mol. The van der Waals surface area contributed by atoms with Crippen molar-refractivity contribution in [1.82, 2.24) is 0 Å². The molecule has 0 amide bonds. The van der Waals surface area contributed by atoms with Crippen LogP contribution in [0.5, 0.6) is 0 Å². The van der Waals surface area contributed by atoms with Crippen molar-refractivity contribution in [2.24, 2.45) is 0 Å². The van der Waals surface area contributed by atoms with Crippen molar-refractivity contribution in [1.29, 1.82) is 0 Å². The van der Waals surface area contributed by atoms with Gasteiger partial charge in [0.1, 0.15) is 0 Å². The van der Waals surface area contributed by atoms with E-state index >= 15 is 0 Å². The van der Waals surface area contributed by atoms with Crippen molar-refractivity contribution in [3.8, 4) is 0 Å². The molecule has 0 saturated heterocycles. The van der Waals surface area contributed by atoms with E-state index in [1.807, 2.05) is 0 Å². The highest BCUT2D eigenvalue weighted by molar-refractivity contribution is 9.13. The first-order valence-electron chi connectivity index (χ1n) is 5.44. The molecule has 9 heteroatoms. The van der Waals surface area contributed by atoms with Crippen molar-refractivity contribution in [2.45, 2.75) is 19.6 Å². The van der Waals surface area contributed by atoms with E-state index in [-0.39, 0.29) is 19.6 Å². The molecule has 0 fully saturated rings. The zero-order valence-corrected chi connectivity index (χ0v) is 16.4. The van der Waals surface area contributed by atoms with Gasteiger partial charge in [0.2, 0.25) is 19.7 Å². The smallest absolute Gasteiger partial charge is 0.209 e. The Hall–Kier alpha value is -0.220. The summed E-state index contributed by atoms with van der Waals surface area (Å²) in [5, 5.41) is 0. The lowest BCUT2D eigenvalue weighted by Crippen LogP contribution is -2.19. The number of benzene rings is 2. The molecule has 4 nitrogen and oxygen atoms in total. The monoisotopic (exact) mass is 514 g/mol. The molecule has 0 atom stereocenters. The van der Waals surface area contributed by atoms with Crippen LogP contribution in [0.4, 0.5) is 0 Å². The molecule has 3 rings (SSSR count). The van der Waals surface area contributed by atoms with Gasteiger partial charge in [0.15, 0.2) is 0 Å². The second-order valence-electron chi connectivity index (χ2n) is 4.31. The summed E-state index contributed by atoms with van der Waals surface area (Å²) in [6, 6.07) is 6.71. The minimum absolute atomic E-state index is 0.201. The largest absolute Gasteiger partial charge is 0.218 e. The van der Waals surface area contributed by atoms with Gasteiger partial charge in [-0.05, 0) is 62.2 Å². The predicted molar refractivity (Wildman–Crippen MR) is 86.9 cm³/mol. The van der Waals surface area contributed by atoms with Gasteiger partial charge in [-0.2, -0.15) is 0 Å². The zero-order valence-electron chi connectivity index (χ0n) is 9.97. The Morgan fingerprint density at radius 3 is 1.57 bits per heavy atom. The second-order valence-corrected chi connectivity index (χ2v) is 10.7. The van der Waals surface area contributed by atoms with Gasteiger partial charge in [-0.15, -0.1) is 0 Å². The Morgan fingerprint density at radius 2 is 1.05 bits per heavy atom. The number of sulfone groups is 2. The van der Waals surface area contributed by atoms with Crippen LogP contribution in [-0.2, 0) is 19.7 Å². The lowest BCUT2D eigenvalue weighted by Gasteiger charge is -2.20. The zero-order chi connectivity index (χ0) is 15.6. The highest BCUT2D eigenvalue weighted by Gasteiger charge is 2.39. The SMILES string of the molecule is O=S1(=O)c2ccc(Br)cc2S(=O)(=O)c2cc(Br)c(Br)cc21. The van der Waals surface area contributed by atoms with Crippen molar-refractivity contribution in [3.63, 3.8) is 0 Å². The normalized spacial score (nSPS) is 17.9. The Morgan fingerprint density at radius 1 is 0.619 bits per heavy atom. The van der Waals surface area contributed by atoms with Gasteiger partial charge in [-0.25, -0.2) is 16.8 Å². The third-order valence-corrected chi connectivity index (χ3v) is 9.33. The molecule has 0 aromatic heterocycles. The number of halogens is 3. The van der Waals surface area contributed by atoms with E-state index in [9.17, 15) is 16.8 Å². The maximum atomic E-state index is 12.7. The van der Waals surface area contributed by atoms with E-state index < -0.39 is 19.7 Å². The third kappa shape index (κ3) is 2.24. The summed E-state index contributed by atoms with van der Waals surface area (Å²) in [5.41, 5.74) is 0. The average Bonchev–Trinajstić information content (AvgIpc) is 2.39. The van der Waals surface area contributed by atoms with E-state index in [1.54, 1.807) is 0 Å². The standard InChI is InChI=1S/C12H5Br3O4S2/c13-6-1-2-9-10(3-6)21(18,19)12-5-8(15)7(14)4-11(12)20(9,16)17/h1-5H. The first-order chi connectivity index (χ1) is 9.65. The van der Waals surface area contributed by atoms with Crippen LogP contribution in [0.25, 0.3) is 0 Å². The Bertz CT molecular complexity index is 995. The van der Waals surface area contributed by atoms with Crippen LogP contribution < -0.4 is 0 Å². The predicted octanol–water partition coefficient (Wildman–Crippen LogP) is 3.95.